The maximum absolute atomic E-state index is 11.1. The van der Waals surface area contributed by atoms with Crippen molar-refractivity contribution in [3.8, 4) is 0 Å². The van der Waals surface area contributed by atoms with Gasteiger partial charge < -0.3 is 10.1 Å². The lowest BCUT2D eigenvalue weighted by Crippen LogP contribution is -2.31. The summed E-state index contributed by atoms with van der Waals surface area (Å²) in [4.78, 5) is 11.1. The Morgan fingerprint density at radius 2 is 2.07 bits per heavy atom. The van der Waals surface area contributed by atoms with Crippen LogP contribution in [-0.2, 0) is 16.1 Å². The Hall–Kier alpha value is -1.35. The van der Waals surface area contributed by atoms with Gasteiger partial charge in [-0.25, -0.2) is 0 Å². The molecule has 0 aliphatic heterocycles. The van der Waals surface area contributed by atoms with Crippen LogP contribution in [-0.4, -0.2) is 19.1 Å². The molecule has 3 heteroatoms. The van der Waals surface area contributed by atoms with Crippen LogP contribution < -0.4 is 5.32 Å². The number of likely N-dealkylation sites (N-methyl/N-ethyl adjacent to an activating group) is 1. The molecule has 0 aliphatic rings. The van der Waals surface area contributed by atoms with Crippen molar-refractivity contribution in [1.82, 2.24) is 5.32 Å². The molecule has 1 rings (SSSR count). The van der Waals surface area contributed by atoms with E-state index in [0.717, 1.165) is 5.56 Å². The molecular formula is C11H15NO2. The normalized spacial score (nSPS) is 12.1. The van der Waals surface area contributed by atoms with E-state index in [1.165, 1.54) is 0 Å². The van der Waals surface area contributed by atoms with Gasteiger partial charge in [-0.2, -0.15) is 0 Å². The number of ether oxygens (including phenoxy) is 1. The second-order valence-corrected chi connectivity index (χ2v) is 3.05. The first-order valence-corrected chi connectivity index (χ1v) is 4.61. The predicted molar refractivity (Wildman–Crippen MR) is 54.8 cm³/mol. The molecule has 0 aliphatic carbocycles. The Labute approximate surface area is 84.1 Å². The van der Waals surface area contributed by atoms with E-state index in [1.54, 1.807) is 14.0 Å². The van der Waals surface area contributed by atoms with Crippen molar-refractivity contribution in [2.24, 2.45) is 0 Å². The first-order valence-electron chi connectivity index (χ1n) is 4.61. The number of rotatable bonds is 4. The van der Waals surface area contributed by atoms with Gasteiger partial charge in [-0.1, -0.05) is 30.3 Å². The summed E-state index contributed by atoms with van der Waals surface area (Å²) < 4.78 is 5.37. The molecule has 1 amide bonds. The van der Waals surface area contributed by atoms with E-state index in [1.807, 2.05) is 30.3 Å². The zero-order valence-corrected chi connectivity index (χ0v) is 8.49. The predicted octanol–water partition coefficient (Wildman–Crippen LogP) is 1.34. The van der Waals surface area contributed by atoms with Gasteiger partial charge in [0, 0.05) is 7.05 Å². The van der Waals surface area contributed by atoms with E-state index in [4.69, 9.17) is 4.74 Å². The van der Waals surface area contributed by atoms with Crippen LogP contribution in [0, 0.1) is 0 Å². The van der Waals surface area contributed by atoms with E-state index in [2.05, 4.69) is 5.32 Å². The number of amides is 1. The Morgan fingerprint density at radius 1 is 1.43 bits per heavy atom. The summed E-state index contributed by atoms with van der Waals surface area (Å²) >= 11 is 0. The lowest BCUT2D eigenvalue weighted by molar-refractivity contribution is -0.131. The molecule has 0 spiro atoms. The highest BCUT2D eigenvalue weighted by atomic mass is 16.5. The number of nitrogens with one attached hydrogen (secondary N) is 1. The Morgan fingerprint density at radius 3 is 2.64 bits per heavy atom. The van der Waals surface area contributed by atoms with Crippen molar-refractivity contribution in [2.75, 3.05) is 7.05 Å². The number of hydrogen-bond acceptors (Lipinski definition) is 2. The van der Waals surface area contributed by atoms with Crippen LogP contribution in [0.1, 0.15) is 12.5 Å². The fourth-order valence-electron chi connectivity index (χ4n) is 1.07. The largest absolute Gasteiger partial charge is 0.364 e. The maximum atomic E-state index is 11.1. The molecule has 1 N–H and O–H groups in total. The summed E-state index contributed by atoms with van der Waals surface area (Å²) in [5, 5.41) is 2.54. The Balaban J connectivity index is 2.38. The Bertz CT molecular complexity index is 285. The van der Waals surface area contributed by atoms with Gasteiger partial charge in [-0.15, -0.1) is 0 Å². The number of carbonyl (C=O) groups is 1. The second kappa shape index (κ2) is 5.40. The maximum Gasteiger partial charge on any atom is 0.248 e. The molecule has 1 unspecified atom stereocenters. The van der Waals surface area contributed by atoms with E-state index in [0.29, 0.717) is 6.61 Å². The molecule has 0 bridgehead atoms. The highest BCUT2D eigenvalue weighted by Crippen LogP contribution is 2.02. The SMILES string of the molecule is CNC(=O)C(C)OCc1ccccc1. The van der Waals surface area contributed by atoms with Crippen molar-refractivity contribution in [3.05, 3.63) is 35.9 Å². The van der Waals surface area contributed by atoms with Crippen LogP contribution >= 0.6 is 0 Å². The third-order valence-electron chi connectivity index (χ3n) is 1.96. The van der Waals surface area contributed by atoms with Gasteiger partial charge in [0.05, 0.1) is 6.61 Å². The lowest BCUT2D eigenvalue weighted by atomic mass is 10.2. The minimum Gasteiger partial charge on any atom is -0.364 e. The minimum atomic E-state index is -0.403. The van der Waals surface area contributed by atoms with Gasteiger partial charge in [0.15, 0.2) is 0 Å². The van der Waals surface area contributed by atoms with Crippen molar-refractivity contribution in [3.63, 3.8) is 0 Å². The molecule has 0 fully saturated rings. The topological polar surface area (TPSA) is 38.3 Å². The molecule has 3 nitrogen and oxygen atoms in total. The second-order valence-electron chi connectivity index (χ2n) is 3.05. The molecule has 0 saturated heterocycles. The summed E-state index contributed by atoms with van der Waals surface area (Å²) in [5.41, 5.74) is 1.07. The molecular weight excluding hydrogens is 178 g/mol. The third kappa shape index (κ3) is 3.18. The van der Waals surface area contributed by atoms with Gasteiger partial charge in [-0.3, -0.25) is 4.79 Å². The first kappa shape index (κ1) is 10.7. The summed E-state index contributed by atoms with van der Waals surface area (Å²) in [7, 11) is 1.60. The van der Waals surface area contributed by atoms with E-state index >= 15 is 0 Å². The molecule has 1 aromatic rings. The summed E-state index contributed by atoms with van der Waals surface area (Å²) in [6.45, 7) is 2.21. The van der Waals surface area contributed by atoms with Crippen LogP contribution in [0.2, 0.25) is 0 Å². The highest BCUT2D eigenvalue weighted by molar-refractivity contribution is 5.79. The minimum absolute atomic E-state index is 0.0964. The van der Waals surface area contributed by atoms with Gasteiger partial charge in [-0.05, 0) is 12.5 Å². The van der Waals surface area contributed by atoms with Crippen LogP contribution in [0.5, 0.6) is 0 Å². The molecule has 76 valence electrons. The number of carbonyl (C=O) groups excluding carboxylic acids is 1. The van der Waals surface area contributed by atoms with E-state index < -0.39 is 6.10 Å². The van der Waals surface area contributed by atoms with Crippen LogP contribution in [0.3, 0.4) is 0 Å². The molecule has 1 aromatic carbocycles. The smallest absolute Gasteiger partial charge is 0.248 e. The summed E-state index contributed by atoms with van der Waals surface area (Å²) in [6.07, 6.45) is -0.403. The van der Waals surface area contributed by atoms with Gasteiger partial charge in [0.25, 0.3) is 0 Å². The average Bonchev–Trinajstić information content (AvgIpc) is 2.26. The Kier molecular flexibility index (Phi) is 4.13. The number of benzene rings is 1. The summed E-state index contributed by atoms with van der Waals surface area (Å²) in [5.74, 6) is -0.0964. The average molecular weight is 193 g/mol. The molecule has 14 heavy (non-hydrogen) atoms. The molecule has 1 atom stereocenters. The van der Waals surface area contributed by atoms with E-state index in [-0.39, 0.29) is 5.91 Å². The van der Waals surface area contributed by atoms with E-state index in [9.17, 15) is 4.79 Å². The molecule has 0 heterocycles. The monoisotopic (exact) mass is 193 g/mol. The van der Waals surface area contributed by atoms with Gasteiger partial charge in [0.2, 0.25) is 5.91 Å². The molecule has 0 saturated carbocycles. The lowest BCUT2D eigenvalue weighted by Gasteiger charge is -2.11. The van der Waals surface area contributed by atoms with Crippen molar-refractivity contribution in [1.29, 1.82) is 0 Å². The first-order chi connectivity index (χ1) is 6.74. The zero-order valence-electron chi connectivity index (χ0n) is 8.49. The van der Waals surface area contributed by atoms with Crippen molar-refractivity contribution in [2.45, 2.75) is 19.6 Å². The van der Waals surface area contributed by atoms with Crippen LogP contribution in [0.15, 0.2) is 30.3 Å². The van der Waals surface area contributed by atoms with Gasteiger partial charge in [0.1, 0.15) is 6.10 Å². The standard InChI is InChI=1S/C11H15NO2/c1-9(11(13)12-2)14-8-10-6-4-3-5-7-10/h3-7,9H,8H2,1-2H3,(H,12,13). The molecule has 0 aromatic heterocycles. The fraction of sp³-hybridized carbons (Fsp3) is 0.364. The molecule has 0 radical (unpaired) electrons. The summed E-state index contributed by atoms with van der Waals surface area (Å²) in [6, 6.07) is 9.78. The zero-order chi connectivity index (χ0) is 10.4. The van der Waals surface area contributed by atoms with Crippen molar-refractivity contribution < 1.29 is 9.53 Å². The fourth-order valence-corrected chi connectivity index (χ4v) is 1.07. The third-order valence-corrected chi connectivity index (χ3v) is 1.96. The number of hydrogen-bond donors (Lipinski definition) is 1. The van der Waals surface area contributed by atoms with Crippen molar-refractivity contribution >= 4 is 5.91 Å². The van der Waals surface area contributed by atoms with Gasteiger partial charge >= 0.3 is 0 Å². The van der Waals surface area contributed by atoms with Crippen LogP contribution in [0.25, 0.3) is 0 Å². The quantitative estimate of drug-likeness (QED) is 0.783. The van der Waals surface area contributed by atoms with Crippen LogP contribution in [0.4, 0.5) is 0 Å². The highest BCUT2D eigenvalue weighted by Gasteiger charge is 2.10.